The van der Waals surface area contributed by atoms with Crippen LogP contribution in [-0.4, -0.2) is 19.2 Å². The van der Waals surface area contributed by atoms with E-state index in [2.05, 4.69) is 36.5 Å². The monoisotopic (exact) mass is 259 g/mol. The minimum absolute atomic E-state index is 0.237. The normalized spacial score (nSPS) is 28.7. The fourth-order valence-electron chi connectivity index (χ4n) is 3.59. The van der Waals surface area contributed by atoms with Gasteiger partial charge in [-0.3, -0.25) is 0 Å². The number of hydrogen-bond donors (Lipinski definition) is 1. The van der Waals surface area contributed by atoms with E-state index in [1.807, 2.05) is 0 Å². The van der Waals surface area contributed by atoms with Crippen LogP contribution in [0.4, 0.5) is 0 Å². The molecule has 1 aliphatic heterocycles. The van der Waals surface area contributed by atoms with Gasteiger partial charge in [-0.15, -0.1) is 0 Å². The summed E-state index contributed by atoms with van der Waals surface area (Å²) in [7, 11) is 0. The molecule has 1 heterocycles. The molecule has 2 unspecified atom stereocenters. The van der Waals surface area contributed by atoms with E-state index in [1.54, 1.807) is 0 Å². The minimum atomic E-state index is 0.237. The molecule has 2 aliphatic rings. The lowest BCUT2D eigenvalue weighted by Crippen LogP contribution is -2.41. The average molecular weight is 259 g/mol. The molecule has 1 aliphatic carbocycles. The van der Waals surface area contributed by atoms with Crippen molar-refractivity contribution in [1.29, 1.82) is 0 Å². The van der Waals surface area contributed by atoms with Crippen molar-refractivity contribution in [2.45, 2.75) is 51.2 Å². The third kappa shape index (κ3) is 3.18. The first-order valence-electron chi connectivity index (χ1n) is 7.74. The Hall–Kier alpha value is -0.860. The Morgan fingerprint density at radius 1 is 1.16 bits per heavy atom. The second-order valence-electron chi connectivity index (χ2n) is 6.15. The smallest absolute Gasteiger partial charge is 0.0956 e. The Morgan fingerprint density at radius 3 is 2.74 bits per heavy atom. The van der Waals surface area contributed by atoms with E-state index in [0.717, 1.165) is 19.0 Å². The van der Waals surface area contributed by atoms with Gasteiger partial charge in [-0.2, -0.15) is 0 Å². The molecule has 0 aromatic heterocycles. The van der Waals surface area contributed by atoms with Crippen LogP contribution in [0.1, 0.15) is 49.3 Å². The largest absolute Gasteiger partial charge is 0.368 e. The van der Waals surface area contributed by atoms with Gasteiger partial charge in [0, 0.05) is 13.1 Å². The van der Waals surface area contributed by atoms with Gasteiger partial charge in [-0.25, -0.2) is 0 Å². The maximum absolute atomic E-state index is 6.35. The van der Waals surface area contributed by atoms with Gasteiger partial charge in [0.05, 0.1) is 12.2 Å². The van der Waals surface area contributed by atoms with Gasteiger partial charge in [0.15, 0.2) is 0 Å². The first-order chi connectivity index (χ1) is 9.33. The lowest BCUT2D eigenvalue weighted by atomic mass is 9.97. The van der Waals surface area contributed by atoms with E-state index in [1.165, 1.54) is 43.2 Å². The molecule has 2 atom stereocenters. The summed E-state index contributed by atoms with van der Waals surface area (Å²) in [6.45, 7) is 4.16. The van der Waals surface area contributed by atoms with Crippen LogP contribution < -0.4 is 5.32 Å². The lowest BCUT2D eigenvalue weighted by Gasteiger charge is -2.33. The van der Waals surface area contributed by atoms with Crippen LogP contribution in [0.15, 0.2) is 24.3 Å². The number of nitrogens with one attached hydrogen (secondary N) is 1. The molecule has 1 N–H and O–H groups in total. The fourth-order valence-corrected chi connectivity index (χ4v) is 3.59. The predicted molar refractivity (Wildman–Crippen MR) is 78.2 cm³/mol. The zero-order valence-electron chi connectivity index (χ0n) is 11.9. The number of benzene rings is 1. The summed E-state index contributed by atoms with van der Waals surface area (Å²) in [6, 6.07) is 8.61. The van der Waals surface area contributed by atoms with Gasteiger partial charge < -0.3 is 10.1 Å². The SMILES string of the molecule is Cc1ccccc1C1CNCC(CC2CCCC2)O1. The van der Waals surface area contributed by atoms with Crippen LogP contribution >= 0.6 is 0 Å². The first-order valence-corrected chi connectivity index (χ1v) is 7.74. The average Bonchev–Trinajstić information content (AvgIpc) is 2.92. The standard InChI is InChI=1S/C17H25NO/c1-13-6-2-5-9-16(13)17-12-18-11-15(19-17)10-14-7-3-4-8-14/h2,5-6,9,14-15,17-18H,3-4,7-8,10-12H2,1H3. The van der Waals surface area contributed by atoms with Crippen molar-refractivity contribution < 1.29 is 4.74 Å². The summed E-state index contributed by atoms with van der Waals surface area (Å²) >= 11 is 0. The van der Waals surface area contributed by atoms with Crippen LogP contribution in [0.25, 0.3) is 0 Å². The number of ether oxygens (including phenoxy) is 1. The molecule has 104 valence electrons. The molecule has 0 radical (unpaired) electrons. The third-order valence-corrected chi connectivity index (χ3v) is 4.66. The highest BCUT2D eigenvalue weighted by Crippen LogP contribution is 2.32. The van der Waals surface area contributed by atoms with Crippen LogP contribution in [-0.2, 0) is 4.74 Å². The van der Waals surface area contributed by atoms with Crippen molar-refractivity contribution in [2.24, 2.45) is 5.92 Å². The predicted octanol–water partition coefficient (Wildman–Crippen LogP) is 3.60. The number of hydrogen-bond acceptors (Lipinski definition) is 2. The lowest BCUT2D eigenvalue weighted by molar-refractivity contribution is -0.0491. The Balaban J connectivity index is 1.62. The van der Waals surface area contributed by atoms with E-state index in [-0.39, 0.29) is 6.10 Å². The van der Waals surface area contributed by atoms with Crippen LogP contribution in [0, 0.1) is 12.8 Å². The van der Waals surface area contributed by atoms with Crippen LogP contribution in [0.5, 0.6) is 0 Å². The molecule has 2 fully saturated rings. The van der Waals surface area contributed by atoms with Gasteiger partial charge in [0.25, 0.3) is 0 Å². The summed E-state index contributed by atoms with van der Waals surface area (Å²) in [4.78, 5) is 0. The summed E-state index contributed by atoms with van der Waals surface area (Å²) < 4.78 is 6.35. The zero-order valence-corrected chi connectivity index (χ0v) is 11.9. The molecule has 2 nitrogen and oxygen atoms in total. The molecule has 1 aromatic rings. The first kappa shape index (κ1) is 13.1. The van der Waals surface area contributed by atoms with Crippen LogP contribution in [0.3, 0.4) is 0 Å². The molecule has 1 aromatic carbocycles. The molecule has 3 rings (SSSR count). The van der Waals surface area contributed by atoms with E-state index in [0.29, 0.717) is 6.10 Å². The maximum atomic E-state index is 6.35. The number of morpholine rings is 1. The molecule has 0 amide bonds. The minimum Gasteiger partial charge on any atom is -0.368 e. The Bertz CT molecular complexity index is 411. The molecular formula is C17H25NO. The van der Waals surface area contributed by atoms with Gasteiger partial charge in [-0.1, -0.05) is 49.9 Å². The topological polar surface area (TPSA) is 21.3 Å². The van der Waals surface area contributed by atoms with E-state index in [9.17, 15) is 0 Å². The second-order valence-corrected chi connectivity index (χ2v) is 6.15. The molecule has 0 bridgehead atoms. The summed E-state index contributed by atoms with van der Waals surface area (Å²) in [5.74, 6) is 0.905. The zero-order chi connectivity index (χ0) is 13.1. The van der Waals surface area contributed by atoms with Crippen molar-refractivity contribution in [1.82, 2.24) is 5.32 Å². The molecule has 0 spiro atoms. The third-order valence-electron chi connectivity index (χ3n) is 4.66. The summed E-state index contributed by atoms with van der Waals surface area (Å²) in [6.07, 6.45) is 7.56. The van der Waals surface area contributed by atoms with E-state index >= 15 is 0 Å². The van der Waals surface area contributed by atoms with Crippen molar-refractivity contribution in [3.8, 4) is 0 Å². The molecule has 1 saturated carbocycles. The quantitative estimate of drug-likeness (QED) is 0.895. The van der Waals surface area contributed by atoms with Crippen molar-refractivity contribution >= 4 is 0 Å². The Kier molecular flexibility index (Phi) is 4.19. The Labute approximate surface area is 116 Å². The van der Waals surface area contributed by atoms with E-state index in [4.69, 9.17) is 4.74 Å². The molecule has 2 heteroatoms. The molecule has 19 heavy (non-hydrogen) atoms. The van der Waals surface area contributed by atoms with Crippen molar-refractivity contribution in [3.63, 3.8) is 0 Å². The summed E-state index contributed by atoms with van der Waals surface area (Å²) in [5.41, 5.74) is 2.70. The van der Waals surface area contributed by atoms with Gasteiger partial charge in [0.1, 0.15) is 0 Å². The van der Waals surface area contributed by atoms with E-state index < -0.39 is 0 Å². The highest BCUT2D eigenvalue weighted by atomic mass is 16.5. The number of rotatable bonds is 3. The highest BCUT2D eigenvalue weighted by Gasteiger charge is 2.27. The van der Waals surface area contributed by atoms with Crippen LogP contribution in [0.2, 0.25) is 0 Å². The van der Waals surface area contributed by atoms with Gasteiger partial charge >= 0.3 is 0 Å². The second kappa shape index (κ2) is 6.06. The van der Waals surface area contributed by atoms with Crippen molar-refractivity contribution in [2.75, 3.05) is 13.1 Å². The highest BCUT2D eigenvalue weighted by molar-refractivity contribution is 5.28. The number of aryl methyl sites for hydroxylation is 1. The van der Waals surface area contributed by atoms with Crippen molar-refractivity contribution in [3.05, 3.63) is 35.4 Å². The Morgan fingerprint density at radius 2 is 1.95 bits per heavy atom. The maximum Gasteiger partial charge on any atom is 0.0956 e. The van der Waals surface area contributed by atoms with Gasteiger partial charge in [0.2, 0.25) is 0 Å². The fraction of sp³-hybridized carbons (Fsp3) is 0.647. The summed E-state index contributed by atoms with van der Waals surface area (Å²) in [5, 5.41) is 3.56. The molecule has 1 saturated heterocycles. The molecular weight excluding hydrogens is 234 g/mol. The van der Waals surface area contributed by atoms with Gasteiger partial charge in [-0.05, 0) is 30.4 Å².